The first-order valence-electron chi connectivity index (χ1n) is 5.78. The van der Waals surface area contributed by atoms with Gasteiger partial charge in [-0.1, -0.05) is 29.8 Å². The Bertz CT molecular complexity index is 503. The summed E-state index contributed by atoms with van der Waals surface area (Å²) in [6.45, 7) is 5.45. The van der Waals surface area contributed by atoms with Gasteiger partial charge >= 0.3 is 5.91 Å². The Balaban J connectivity index is 2.46. The fraction of sp³-hybridized carbons (Fsp3) is 0.385. The average molecular weight is 248 g/mol. The van der Waals surface area contributed by atoms with Crippen LogP contribution in [0.2, 0.25) is 0 Å². The number of nitrogens with zero attached hydrogens (tertiary/aromatic N) is 2. The van der Waals surface area contributed by atoms with Crippen LogP contribution in [0.1, 0.15) is 25.0 Å². The van der Waals surface area contributed by atoms with Crippen LogP contribution in [0.5, 0.6) is 0 Å². The molecule has 0 spiro atoms. The van der Waals surface area contributed by atoms with Gasteiger partial charge in [-0.15, -0.1) is 0 Å². The van der Waals surface area contributed by atoms with Crippen LogP contribution in [0.15, 0.2) is 29.4 Å². The van der Waals surface area contributed by atoms with Gasteiger partial charge in [-0.3, -0.25) is 4.79 Å². The topological polar surface area (TPSA) is 73.1 Å². The molecule has 0 saturated carbocycles. The number of amides is 1. The quantitative estimate of drug-likeness (QED) is 0.754. The molecule has 0 unspecified atom stereocenters. The average Bonchev–Trinajstić information content (AvgIpc) is 2.53. The summed E-state index contributed by atoms with van der Waals surface area (Å²) in [6.07, 6.45) is 0. The molecule has 1 aromatic carbocycles. The molecular weight excluding hydrogens is 232 g/mol. The van der Waals surface area contributed by atoms with Crippen molar-refractivity contribution < 1.29 is 15.0 Å². The van der Waals surface area contributed by atoms with Gasteiger partial charge < -0.3 is 10.2 Å². The van der Waals surface area contributed by atoms with Gasteiger partial charge in [0.15, 0.2) is 0 Å². The fourth-order valence-corrected chi connectivity index (χ4v) is 1.80. The van der Waals surface area contributed by atoms with Gasteiger partial charge in [0.05, 0.1) is 6.04 Å². The van der Waals surface area contributed by atoms with Crippen LogP contribution in [0.25, 0.3) is 0 Å². The molecule has 5 nitrogen and oxygen atoms in total. The number of benzene rings is 1. The van der Waals surface area contributed by atoms with E-state index in [1.165, 1.54) is 0 Å². The van der Waals surface area contributed by atoms with Crippen LogP contribution in [0, 0.1) is 6.92 Å². The van der Waals surface area contributed by atoms with E-state index in [4.69, 9.17) is 0 Å². The Kier molecular flexibility index (Phi) is 2.96. The van der Waals surface area contributed by atoms with E-state index < -0.39 is 11.7 Å². The maximum absolute atomic E-state index is 11.8. The molecular formula is C13H16N2O3. The normalized spacial score (nSPS) is 18.4. The second kappa shape index (κ2) is 4.19. The number of carbonyl (C=O) groups excluding carboxylic acids is 1. The number of aryl methyl sites for hydroxylation is 1. The van der Waals surface area contributed by atoms with E-state index in [9.17, 15) is 15.0 Å². The van der Waals surface area contributed by atoms with Gasteiger partial charge in [0.2, 0.25) is 0 Å². The molecule has 96 valence electrons. The standard InChI is InChI=1S/C13H16N2O3/c1-8(2)15-12(16)13(17,18)11(14-15)10-6-4-9(3)5-7-10/h4-8,17-18H,1-3H3. The van der Waals surface area contributed by atoms with Crippen molar-refractivity contribution in [3.63, 3.8) is 0 Å². The largest absolute Gasteiger partial charge is 0.353 e. The molecule has 0 atom stereocenters. The molecule has 0 radical (unpaired) electrons. The van der Waals surface area contributed by atoms with Crippen molar-refractivity contribution in [2.45, 2.75) is 32.6 Å². The molecule has 2 rings (SSSR count). The van der Waals surface area contributed by atoms with Gasteiger partial charge in [-0.25, -0.2) is 5.01 Å². The molecule has 1 amide bonds. The molecule has 0 bridgehead atoms. The molecule has 0 aliphatic carbocycles. The monoisotopic (exact) mass is 248 g/mol. The molecule has 0 saturated heterocycles. The van der Waals surface area contributed by atoms with Gasteiger partial charge in [0.1, 0.15) is 5.71 Å². The lowest BCUT2D eigenvalue weighted by molar-refractivity contribution is -0.169. The van der Waals surface area contributed by atoms with Gasteiger partial charge in [-0.05, 0) is 20.8 Å². The molecule has 0 aromatic heterocycles. The van der Waals surface area contributed by atoms with Crippen LogP contribution < -0.4 is 0 Å². The van der Waals surface area contributed by atoms with Crippen LogP contribution in [-0.2, 0) is 4.79 Å². The Morgan fingerprint density at radius 2 is 1.78 bits per heavy atom. The molecule has 2 N–H and O–H groups in total. The van der Waals surface area contributed by atoms with E-state index in [1.54, 1.807) is 26.0 Å². The van der Waals surface area contributed by atoms with Crippen molar-refractivity contribution in [3.05, 3.63) is 35.4 Å². The zero-order valence-electron chi connectivity index (χ0n) is 10.6. The highest BCUT2D eigenvalue weighted by Gasteiger charge is 2.49. The van der Waals surface area contributed by atoms with Crippen molar-refractivity contribution in [1.82, 2.24) is 5.01 Å². The first-order chi connectivity index (χ1) is 8.34. The summed E-state index contributed by atoms with van der Waals surface area (Å²) in [4.78, 5) is 11.8. The smallest absolute Gasteiger partial charge is 0.309 e. The highest BCUT2D eigenvalue weighted by Crippen LogP contribution is 2.24. The highest BCUT2D eigenvalue weighted by atomic mass is 16.5. The van der Waals surface area contributed by atoms with E-state index in [0.29, 0.717) is 5.56 Å². The Morgan fingerprint density at radius 1 is 1.22 bits per heavy atom. The third-order valence-corrected chi connectivity index (χ3v) is 2.86. The molecule has 1 heterocycles. The number of hydrogen-bond acceptors (Lipinski definition) is 4. The number of aliphatic hydroxyl groups is 2. The maximum Gasteiger partial charge on any atom is 0.309 e. The van der Waals surface area contributed by atoms with Crippen LogP contribution in [-0.4, -0.2) is 38.7 Å². The van der Waals surface area contributed by atoms with Crippen molar-refractivity contribution in [3.8, 4) is 0 Å². The predicted octanol–water partition coefficient (Wildman–Crippen LogP) is 0.631. The second-order valence-electron chi connectivity index (χ2n) is 4.73. The summed E-state index contributed by atoms with van der Waals surface area (Å²) in [5.74, 6) is -3.35. The van der Waals surface area contributed by atoms with E-state index >= 15 is 0 Å². The van der Waals surface area contributed by atoms with E-state index in [2.05, 4.69) is 5.10 Å². The lowest BCUT2D eigenvalue weighted by atomic mass is 10.0. The predicted molar refractivity (Wildman–Crippen MR) is 66.9 cm³/mol. The lowest BCUT2D eigenvalue weighted by Gasteiger charge is -2.19. The van der Waals surface area contributed by atoms with Crippen molar-refractivity contribution in [2.24, 2.45) is 5.10 Å². The Labute approximate surface area is 105 Å². The van der Waals surface area contributed by atoms with Gasteiger partial charge in [0, 0.05) is 5.56 Å². The van der Waals surface area contributed by atoms with Gasteiger partial charge in [0.25, 0.3) is 5.79 Å². The number of hydrogen-bond donors (Lipinski definition) is 2. The van der Waals surface area contributed by atoms with Crippen LogP contribution >= 0.6 is 0 Å². The molecule has 1 aromatic rings. The number of carbonyl (C=O) groups is 1. The number of rotatable bonds is 2. The molecule has 5 heteroatoms. The number of hydrazone groups is 1. The summed E-state index contributed by atoms with van der Waals surface area (Å²) in [7, 11) is 0. The minimum Gasteiger partial charge on any atom is -0.353 e. The SMILES string of the molecule is Cc1ccc(C2=NN(C(C)C)C(=O)C2(O)O)cc1. The zero-order valence-corrected chi connectivity index (χ0v) is 10.6. The van der Waals surface area contributed by atoms with Gasteiger partial charge in [-0.2, -0.15) is 5.10 Å². The first kappa shape index (κ1) is 12.7. The van der Waals surface area contributed by atoms with Crippen LogP contribution in [0.3, 0.4) is 0 Å². The van der Waals surface area contributed by atoms with Crippen molar-refractivity contribution in [2.75, 3.05) is 0 Å². The Hall–Kier alpha value is -1.72. The summed E-state index contributed by atoms with van der Waals surface area (Å²) in [5.41, 5.74) is 1.55. The third-order valence-electron chi connectivity index (χ3n) is 2.86. The minimum absolute atomic E-state index is 0.0267. The molecule has 1 aliphatic heterocycles. The van der Waals surface area contributed by atoms with Crippen molar-refractivity contribution >= 4 is 11.6 Å². The molecule has 0 fully saturated rings. The first-order valence-corrected chi connectivity index (χ1v) is 5.78. The second-order valence-corrected chi connectivity index (χ2v) is 4.73. The van der Waals surface area contributed by atoms with Crippen LogP contribution in [0.4, 0.5) is 0 Å². The lowest BCUT2D eigenvalue weighted by Crippen LogP contribution is -2.47. The summed E-state index contributed by atoms with van der Waals surface area (Å²) in [5, 5.41) is 24.9. The summed E-state index contributed by atoms with van der Waals surface area (Å²) < 4.78 is 0. The maximum atomic E-state index is 11.8. The van der Waals surface area contributed by atoms with E-state index in [1.807, 2.05) is 19.1 Å². The summed E-state index contributed by atoms with van der Waals surface area (Å²) >= 11 is 0. The Morgan fingerprint density at radius 3 is 2.22 bits per heavy atom. The van der Waals surface area contributed by atoms with E-state index in [0.717, 1.165) is 10.6 Å². The highest BCUT2D eigenvalue weighted by molar-refractivity contribution is 6.20. The summed E-state index contributed by atoms with van der Waals surface area (Å²) in [6, 6.07) is 6.87. The van der Waals surface area contributed by atoms with E-state index in [-0.39, 0.29) is 11.8 Å². The molecule has 1 aliphatic rings. The minimum atomic E-state index is -2.54. The van der Waals surface area contributed by atoms with Crippen molar-refractivity contribution in [1.29, 1.82) is 0 Å². The third kappa shape index (κ3) is 1.91. The zero-order chi connectivity index (χ0) is 13.5. The fourth-order valence-electron chi connectivity index (χ4n) is 1.80. The molecule has 18 heavy (non-hydrogen) atoms.